The zero-order valence-corrected chi connectivity index (χ0v) is 6.08. The Morgan fingerprint density at radius 1 is 1.20 bits per heavy atom. The van der Waals surface area contributed by atoms with Crippen LogP contribution in [0.3, 0.4) is 0 Å². The van der Waals surface area contributed by atoms with Gasteiger partial charge in [-0.15, -0.1) is 10.5 Å². The van der Waals surface area contributed by atoms with E-state index in [1.807, 2.05) is 5.12 Å². The Bertz CT molecular complexity index is 90.3. The quantitative estimate of drug-likeness (QED) is 0.526. The van der Waals surface area contributed by atoms with E-state index in [4.69, 9.17) is 0 Å². The summed E-state index contributed by atoms with van der Waals surface area (Å²) < 4.78 is 0. The number of rotatable bonds is 1. The monoisotopic (exact) mass is 141 g/mol. The molecular weight excluding hydrogens is 128 g/mol. The minimum absolute atomic E-state index is 0.998. The van der Waals surface area contributed by atoms with Gasteiger partial charge in [0, 0.05) is 26.2 Å². The molecule has 57 valence electrons. The van der Waals surface area contributed by atoms with Crippen LogP contribution in [-0.4, -0.2) is 36.4 Å². The van der Waals surface area contributed by atoms with E-state index in [-0.39, 0.29) is 0 Å². The van der Waals surface area contributed by atoms with Crippen LogP contribution in [0.25, 0.3) is 0 Å². The first-order valence-corrected chi connectivity index (χ1v) is 3.93. The molecule has 0 unspecified atom stereocenters. The maximum absolute atomic E-state index is 4.31. The lowest BCUT2D eigenvalue weighted by Gasteiger charge is -2.24. The smallest absolute Gasteiger partial charge is 0.0334 e. The molecule has 0 spiro atoms. The second kappa shape index (κ2) is 2.84. The molecule has 10 heavy (non-hydrogen) atoms. The fourth-order valence-electron chi connectivity index (χ4n) is 1.38. The maximum Gasteiger partial charge on any atom is 0.0334 e. The molecule has 2 aliphatic heterocycles. The summed E-state index contributed by atoms with van der Waals surface area (Å²) in [4.78, 5) is 0. The van der Waals surface area contributed by atoms with Gasteiger partial charge in [-0.25, -0.2) is 5.43 Å². The first-order chi connectivity index (χ1) is 4.97. The van der Waals surface area contributed by atoms with Gasteiger partial charge < -0.3 is 0 Å². The summed E-state index contributed by atoms with van der Waals surface area (Å²) in [6, 6.07) is 0. The van der Waals surface area contributed by atoms with Crippen molar-refractivity contribution in [3.05, 3.63) is 0 Å². The van der Waals surface area contributed by atoms with Crippen LogP contribution in [0.5, 0.6) is 0 Å². The normalized spacial score (nSPS) is 30.0. The van der Waals surface area contributed by atoms with Gasteiger partial charge in [0.05, 0.1) is 0 Å². The van der Waals surface area contributed by atoms with Crippen LogP contribution in [-0.2, 0) is 0 Å². The van der Waals surface area contributed by atoms with E-state index in [1.165, 1.54) is 12.8 Å². The van der Waals surface area contributed by atoms with Crippen LogP contribution in [0.2, 0.25) is 0 Å². The molecule has 2 rings (SSSR count). The zero-order valence-electron chi connectivity index (χ0n) is 6.08. The molecule has 0 aromatic heterocycles. The molecule has 2 saturated heterocycles. The fourth-order valence-corrected chi connectivity index (χ4v) is 1.38. The van der Waals surface area contributed by atoms with Gasteiger partial charge in [-0.2, -0.15) is 5.12 Å². The van der Waals surface area contributed by atoms with E-state index in [0.29, 0.717) is 0 Å². The van der Waals surface area contributed by atoms with Crippen molar-refractivity contribution >= 4 is 0 Å². The largest absolute Gasteiger partial charge is 0.240 e. The summed E-state index contributed by atoms with van der Waals surface area (Å²) in [5.41, 5.74) is 7.58. The molecule has 0 amide bonds. The summed E-state index contributed by atoms with van der Waals surface area (Å²) in [5.74, 6) is 0. The van der Waals surface area contributed by atoms with E-state index in [0.717, 1.165) is 26.2 Å². The number of nitrogens with zero attached hydrogens (tertiary/aromatic N) is 3. The summed E-state index contributed by atoms with van der Waals surface area (Å²) >= 11 is 0. The predicted molar refractivity (Wildman–Crippen MR) is 37.6 cm³/mol. The lowest BCUT2D eigenvalue weighted by atomic mass is 10.5. The molecule has 0 saturated carbocycles. The molecule has 2 aliphatic rings. The van der Waals surface area contributed by atoms with Crippen LogP contribution in [0.4, 0.5) is 0 Å². The second-order valence-corrected chi connectivity index (χ2v) is 2.70. The predicted octanol–water partition coefficient (Wildman–Crippen LogP) is -0.663. The van der Waals surface area contributed by atoms with Gasteiger partial charge in [-0.3, -0.25) is 0 Å². The van der Waals surface area contributed by atoms with E-state index in [1.54, 1.807) is 0 Å². The van der Waals surface area contributed by atoms with Gasteiger partial charge in [0.15, 0.2) is 0 Å². The van der Waals surface area contributed by atoms with Crippen molar-refractivity contribution in [3.8, 4) is 0 Å². The summed E-state index contributed by atoms with van der Waals surface area (Å²) in [6.07, 6.45) is 2.45. The first kappa shape index (κ1) is 6.54. The van der Waals surface area contributed by atoms with Crippen molar-refractivity contribution in [3.63, 3.8) is 0 Å². The van der Waals surface area contributed by atoms with E-state index in [2.05, 4.69) is 16.0 Å². The number of hydrogen-bond donors (Lipinski definition) is 1. The molecule has 1 N–H and O–H groups in total. The van der Waals surface area contributed by atoms with Gasteiger partial charge in [0.1, 0.15) is 0 Å². The highest BCUT2D eigenvalue weighted by Gasteiger charge is 2.22. The van der Waals surface area contributed by atoms with Crippen molar-refractivity contribution in [2.24, 2.45) is 0 Å². The van der Waals surface area contributed by atoms with Gasteiger partial charge in [0.2, 0.25) is 0 Å². The molecule has 2 fully saturated rings. The molecule has 1 radical (unpaired) electrons. The highest BCUT2D eigenvalue weighted by molar-refractivity contribution is 4.63. The third-order valence-electron chi connectivity index (χ3n) is 1.90. The molecular formula is C6H13N4. The van der Waals surface area contributed by atoms with Gasteiger partial charge in [-0.1, -0.05) is 0 Å². The molecule has 0 bridgehead atoms. The second-order valence-electron chi connectivity index (χ2n) is 2.70. The van der Waals surface area contributed by atoms with Crippen LogP contribution in [0.1, 0.15) is 12.8 Å². The highest BCUT2D eigenvalue weighted by atomic mass is 15.9. The Morgan fingerprint density at radius 2 is 2.20 bits per heavy atom. The van der Waals surface area contributed by atoms with E-state index in [9.17, 15) is 0 Å². The Labute approximate surface area is 61.1 Å². The SMILES string of the molecule is C1C[N]N(N2CCCN2)C1. The standard InChI is InChI=1S/C6H13N4/c1-3-7-9(5-1)10-6-2-4-8-10/h7H,1-6H2. The average molecular weight is 141 g/mol. The first-order valence-electron chi connectivity index (χ1n) is 3.93. The van der Waals surface area contributed by atoms with Crippen molar-refractivity contribution in [2.45, 2.75) is 12.8 Å². The van der Waals surface area contributed by atoms with Gasteiger partial charge in [0.25, 0.3) is 0 Å². The van der Waals surface area contributed by atoms with Crippen LogP contribution >= 0.6 is 0 Å². The molecule has 2 heterocycles. The lowest BCUT2D eigenvalue weighted by Crippen LogP contribution is -2.47. The van der Waals surface area contributed by atoms with Crippen LogP contribution < -0.4 is 10.9 Å². The number of nitrogens with one attached hydrogen (secondary N) is 1. The topological polar surface area (TPSA) is 32.6 Å². The third kappa shape index (κ3) is 1.15. The van der Waals surface area contributed by atoms with Crippen molar-refractivity contribution < 1.29 is 0 Å². The fraction of sp³-hybridized carbons (Fsp3) is 1.00. The molecule has 0 aromatic carbocycles. The Morgan fingerprint density at radius 3 is 2.80 bits per heavy atom. The van der Waals surface area contributed by atoms with Crippen LogP contribution in [0, 0.1) is 0 Å². The molecule has 0 aliphatic carbocycles. The third-order valence-corrected chi connectivity index (χ3v) is 1.90. The molecule has 0 aromatic rings. The summed E-state index contributed by atoms with van der Waals surface area (Å²) in [7, 11) is 0. The number of hydrogen-bond acceptors (Lipinski definition) is 3. The minimum Gasteiger partial charge on any atom is -0.240 e. The van der Waals surface area contributed by atoms with Crippen LogP contribution in [0.15, 0.2) is 0 Å². The average Bonchev–Trinajstić information content (AvgIpc) is 2.59. The number of hydrazine groups is 2. The lowest BCUT2D eigenvalue weighted by molar-refractivity contribution is -0.0657. The highest BCUT2D eigenvalue weighted by Crippen LogP contribution is 2.05. The van der Waals surface area contributed by atoms with E-state index >= 15 is 0 Å². The van der Waals surface area contributed by atoms with Gasteiger partial charge >= 0.3 is 0 Å². The van der Waals surface area contributed by atoms with Crippen molar-refractivity contribution in [1.82, 2.24) is 21.1 Å². The van der Waals surface area contributed by atoms with Crippen molar-refractivity contribution in [1.29, 1.82) is 0 Å². The Kier molecular flexibility index (Phi) is 1.86. The molecule has 4 heteroatoms. The van der Waals surface area contributed by atoms with Gasteiger partial charge in [-0.05, 0) is 12.8 Å². The zero-order chi connectivity index (χ0) is 6.81. The van der Waals surface area contributed by atoms with E-state index < -0.39 is 0 Å². The molecule has 4 nitrogen and oxygen atoms in total. The Balaban J connectivity index is 1.85. The molecule has 0 atom stereocenters. The summed E-state index contributed by atoms with van der Waals surface area (Å²) in [6.45, 7) is 4.31. The summed E-state index contributed by atoms with van der Waals surface area (Å²) in [5, 5.41) is 4.17. The Hall–Kier alpha value is -0.160. The maximum atomic E-state index is 4.31. The minimum atomic E-state index is 0.998. The van der Waals surface area contributed by atoms with Crippen molar-refractivity contribution in [2.75, 3.05) is 26.2 Å².